The lowest BCUT2D eigenvalue weighted by molar-refractivity contribution is -0.134. The molecule has 0 saturated carbocycles. The minimum Gasteiger partial charge on any atom is -0.378 e. The third-order valence-corrected chi connectivity index (χ3v) is 3.01. The normalized spacial score (nSPS) is 15.4. The first kappa shape index (κ1) is 12.6. The lowest BCUT2D eigenvalue weighted by Crippen LogP contribution is -2.46. The zero-order valence-corrected chi connectivity index (χ0v) is 10.3. The van der Waals surface area contributed by atoms with Crippen LogP contribution in [0.1, 0.15) is 11.1 Å². The van der Waals surface area contributed by atoms with E-state index in [0.717, 1.165) is 11.1 Å². The van der Waals surface area contributed by atoms with Crippen LogP contribution in [0.2, 0.25) is 0 Å². The predicted molar refractivity (Wildman–Crippen MR) is 67.8 cm³/mol. The molecule has 0 radical (unpaired) electrons. The van der Waals surface area contributed by atoms with Crippen LogP contribution in [0.25, 0.3) is 0 Å². The van der Waals surface area contributed by atoms with E-state index in [1.54, 1.807) is 0 Å². The monoisotopic (exact) mass is 248 g/mol. The molecule has 1 aromatic carbocycles. The summed E-state index contributed by atoms with van der Waals surface area (Å²) in [4.78, 5) is 13.8. The summed E-state index contributed by atoms with van der Waals surface area (Å²) in [6.07, 6.45) is 0.407. The molecule has 1 aliphatic rings. The fourth-order valence-electron chi connectivity index (χ4n) is 1.91. The van der Waals surface area contributed by atoms with Gasteiger partial charge in [-0.2, -0.15) is 0 Å². The molecule has 0 atom stereocenters. The van der Waals surface area contributed by atoms with E-state index in [1.165, 1.54) is 0 Å². The summed E-state index contributed by atoms with van der Waals surface area (Å²) in [7, 11) is 0. The third kappa shape index (κ3) is 3.07. The van der Waals surface area contributed by atoms with Crippen molar-refractivity contribution in [2.24, 2.45) is 5.73 Å². The zero-order valence-electron chi connectivity index (χ0n) is 10.3. The van der Waals surface area contributed by atoms with Crippen LogP contribution in [-0.4, -0.2) is 42.9 Å². The highest BCUT2D eigenvalue weighted by molar-refractivity contribution is 5.92. The molecule has 1 saturated heterocycles. The second-order valence-corrected chi connectivity index (χ2v) is 4.32. The highest BCUT2D eigenvalue weighted by Crippen LogP contribution is 2.07. The molecule has 0 unspecified atom stereocenters. The van der Waals surface area contributed by atoms with Crippen LogP contribution < -0.4 is 11.1 Å². The Kier molecular flexibility index (Phi) is 3.94. The molecular weight excluding hydrogens is 230 g/mol. The maximum atomic E-state index is 12.0. The number of rotatable bonds is 3. The number of carbonyl (C=O) groups excluding carboxylic acids is 1. The number of hydrogen-bond acceptors (Lipinski definition) is 2. The van der Waals surface area contributed by atoms with Crippen molar-refractivity contribution in [1.82, 2.24) is 4.90 Å². The molecule has 0 aromatic heterocycles. The highest BCUT2D eigenvalue weighted by atomic mass is 16.5. The first-order valence-electron chi connectivity index (χ1n) is 5.99. The summed E-state index contributed by atoms with van der Waals surface area (Å²) in [6.45, 7) is 2.62. The molecule has 1 fully saturated rings. The maximum Gasteiger partial charge on any atom is 0.270 e. The van der Waals surface area contributed by atoms with Gasteiger partial charge in [-0.3, -0.25) is 15.9 Å². The van der Waals surface area contributed by atoms with Crippen molar-refractivity contribution >= 4 is 11.7 Å². The molecule has 5 heteroatoms. The molecule has 0 bridgehead atoms. The summed E-state index contributed by atoms with van der Waals surface area (Å²) in [5, 5.41) is 5.49. The van der Waals surface area contributed by atoms with Crippen LogP contribution in [-0.2, 0) is 16.0 Å². The molecular formula is C13H18N3O2+. The number of ether oxygens (including phenoxy) is 1. The summed E-state index contributed by atoms with van der Waals surface area (Å²) in [6, 6.07) is 7.43. The van der Waals surface area contributed by atoms with Gasteiger partial charge in [0, 0.05) is 13.1 Å². The van der Waals surface area contributed by atoms with E-state index in [9.17, 15) is 4.79 Å². The number of amides is 1. The van der Waals surface area contributed by atoms with E-state index in [0.29, 0.717) is 38.6 Å². The molecule has 96 valence electrons. The SMILES string of the molecule is NC(=[NH2+])c1ccc(CC(=O)N2CCOCC2)cc1. The molecule has 1 aliphatic heterocycles. The fourth-order valence-corrected chi connectivity index (χ4v) is 1.91. The van der Waals surface area contributed by atoms with Gasteiger partial charge in [-0.05, 0) is 17.7 Å². The third-order valence-electron chi connectivity index (χ3n) is 3.01. The number of nitrogens with zero attached hydrogens (tertiary/aromatic N) is 1. The van der Waals surface area contributed by atoms with E-state index in [-0.39, 0.29) is 5.91 Å². The van der Waals surface area contributed by atoms with E-state index >= 15 is 0 Å². The Morgan fingerprint density at radius 2 is 1.89 bits per heavy atom. The molecule has 18 heavy (non-hydrogen) atoms. The average Bonchev–Trinajstić information content (AvgIpc) is 2.40. The van der Waals surface area contributed by atoms with E-state index in [1.807, 2.05) is 29.2 Å². The van der Waals surface area contributed by atoms with Gasteiger partial charge in [-0.25, -0.2) is 0 Å². The second-order valence-electron chi connectivity index (χ2n) is 4.32. The smallest absolute Gasteiger partial charge is 0.270 e. The molecule has 1 amide bonds. The number of amidine groups is 1. The van der Waals surface area contributed by atoms with E-state index in [4.69, 9.17) is 15.9 Å². The molecule has 4 N–H and O–H groups in total. The molecule has 1 heterocycles. The van der Waals surface area contributed by atoms with Crippen molar-refractivity contribution in [3.63, 3.8) is 0 Å². The van der Waals surface area contributed by atoms with Crippen molar-refractivity contribution in [2.45, 2.75) is 6.42 Å². The maximum absolute atomic E-state index is 12.0. The fraction of sp³-hybridized carbons (Fsp3) is 0.385. The quantitative estimate of drug-likeness (QED) is 0.507. The van der Waals surface area contributed by atoms with Gasteiger partial charge >= 0.3 is 0 Å². The number of benzene rings is 1. The Balaban J connectivity index is 1.96. The van der Waals surface area contributed by atoms with E-state index in [2.05, 4.69) is 0 Å². The average molecular weight is 248 g/mol. The van der Waals surface area contributed by atoms with Gasteiger partial charge < -0.3 is 9.64 Å². The van der Waals surface area contributed by atoms with Gasteiger partial charge in [-0.15, -0.1) is 0 Å². The Labute approximate surface area is 106 Å². The Morgan fingerprint density at radius 1 is 1.28 bits per heavy atom. The summed E-state index contributed by atoms with van der Waals surface area (Å²) in [5.74, 6) is 0.428. The van der Waals surface area contributed by atoms with Crippen molar-refractivity contribution < 1.29 is 14.9 Å². The van der Waals surface area contributed by atoms with E-state index < -0.39 is 0 Å². The first-order valence-corrected chi connectivity index (χ1v) is 5.99. The topological polar surface area (TPSA) is 81.2 Å². The van der Waals surface area contributed by atoms with Crippen LogP contribution in [0.5, 0.6) is 0 Å². The van der Waals surface area contributed by atoms with Crippen LogP contribution >= 0.6 is 0 Å². The van der Waals surface area contributed by atoms with Gasteiger partial charge in [0.05, 0.1) is 25.2 Å². The van der Waals surface area contributed by atoms with Gasteiger partial charge in [0.1, 0.15) is 0 Å². The minimum atomic E-state index is 0.135. The van der Waals surface area contributed by atoms with Crippen LogP contribution in [0, 0.1) is 0 Å². The number of nitrogens with two attached hydrogens (primary N) is 2. The summed E-state index contributed by atoms with van der Waals surface area (Å²) < 4.78 is 5.22. The molecule has 5 nitrogen and oxygen atoms in total. The van der Waals surface area contributed by atoms with Gasteiger partial charge in [0.25, 0.3) is 5.84 Å². The summed E-state index contributed by atoms with van der Waals surface area (Å²) >= 11 is 0. The van der Waals surface area contributed by atoms with Crippen molar-refractivity contribution in [3.05, 3.63) is 35.4 Å². The van der Waals surface area contributed by atoms with Gasteiger partial charge in [0.15, 0.2) is 0 Å². The predicted octanol–water partition coefficient (Wildman–Crippen LogP) is -1.45. The molecule has 0 spiro atoms. The lowest BCUT2D eigenvalue weighted by atomic mass is 10.1. The Morgan fingerprint density at radius 3 is 2.44 bits per heavy atom. The minimum absolute atomic E-state index is 0.135. The lowest BCUT2D eigenvalue weighted by Gasteiger charge is -2.26. The van der Waals surface area contributed by atoms with Crippen LogP contribution in [0.4, 0.5) is 0 Å². The Bertz CT molecular complexity index is 436. The molecule has 1 aromatic rings. The van der Waals surface area contributed by atoms with Crippen LogP contribution in [0.15, 0.2) is 24.3 Å². The van der Waals surface area contributed by atoms with Crippen molar-refractivity contribution in [2.75, 3.05) is 26.3 Å². The number of morpholine rings is 1. The van der Waals surface area contributed by atoms with Crippen LogP contribution in [0.3, 0.4) is 0 Å². The number of hydrogen-bond donors (Lipinski definition) is 2. The van der Waals surface area contributed by atoms with Crippen molar-refractivity contribution in [3.8, 4) is 0 Å². The largest absolute Gasteiger partial charge is 0.378 e. The standard InChI is InChI=1S/C13H17N3O2/c14-13(15)11-3-1-10(2-4-11)9-12(17)16-5-7-18-8-6-16/h1-4H,5-9H2,(H3,14,15)/p+1. The van der Waals surface area contributed by atoms with Gasteiger partial charge in [0.2, 0.25) is 5.91 Å². The summed E-state index contributed by atoms with van der Waals surface area (Å²) in [5.41, 5.74) is 7.25. The van der Waals surface area contributed by atoms with Gasteiger partial charge in [-0.1, -0.05) is 12.1 Å². The molecule has 0 aliphatic carbocycles. The highest BCUT2D eigenvalue weighted by Gasteiger charge is 2.16. The second kappa shape index (κ2) is 5.64. The molecule has 2 rings (SSSR count). The first-order chi connectivity index (χ1) is 8.66. The number of carbonyl (C=O) groups is 1. The van der Waals surface area contributed by atoms with Crippen molar-refractivity contribution in [1.29, 1.82) is 0 Å². The Hall–Kier alpha value is -1.88. The zero-order chi connectivity index (χ0) is 13.0.